The van der Waals surface area contributed by atoms with E-state index in [1.54, 1.807) is 0 Å². The second-order valence-electron chi connectivity index (χ2n) is 11.1. The number of likely N-dealkylation sites (tertiary alicyclic amines) is 1. The fourth-order valence-electron chi connectivity index (χ4n) is 4.94. The van der Waals surface area contributed by atoms with Gasteiger partial charge in [-0.25, -0.2) is 14.6 Å². The van der Waals surface area contributed by atoms with Crippen LogP contribution in [0.1, 0.15) is 62.2 Å². The summed E-state index contributed by atoms with van der Waals surface area (Å²) in [5.74, 6) is -2.60. The number of nitrogens with zero attached hydrogens (tertiary/aromatic N) is 3. The van der Waals surface area contributed by atoms with Crippen LogP contribution in [0.4, 0.5) is 0 Å². The molecule has 1 atom stereocenters. The molecular formula is C30H37N3O5. The van der Waals surface area contributed by atoms with Gasteiger partial charge in [0.15, 0.2) is 0 Å². The van der Waals surface area contributed by atoms with Gasteiger partial charge in [-0.15, -0.1) is 0 Å². The molecule has 2 aromatic carbocycles. The summed E-state index contributed by atoms with van der Waals surface area (Å²) in [6.45, 7) is 9.89. The van der Waals surface area contributed by atoms with Gasteiger partial charge >= 0.3 is 11.9 Å². The normalized spacial score (nSPS) is 17.9. The van der Waals surface area contributed by atoms with Gasteiger partial charge in [0.2, 0.25) is 0 Å². The fraction of sp³-hybridized carbons (Fsp3) is 0.433. The summed E-state index contributed by atoms with van der Waals surface area (Å²) >= 11 is 0. The summed E-state index contributed by atoms with van der Waals surface area (Å²) in [5.41, 5.74) is 6.37. The number of benzene rings is 2. The number of fused-ring (bicyclic) bond motifs is 2. The second kappa shape index (κ2) is 11.5. The number of aromatic nitrogens is 2. The maximum Gasteiger partial charge on any atom is 0.414 e. The molecule has 1 aromatic heterocycles. The predicted molar refractivity (Wildman–Crippen MR) is 145 cm³/mol. The molecule has 2 N–H and O–H groups in total. The van der Waals surface area contributed by atoms with E-state index >= 15 is 0 Å². The molecule has 2 aliphatic rings. The topological polar surface area (TPSA) is 105 Å². The Balaban J connectivity index is 0.000000505. The zero-order valence-electron chi connectivity index (χ0n) is 22.6. The van der Waals surface area contributed by atoms with Crippen molar-refractivity contribution in [2.24, 2.45) is 0 Å². The van der Waals surface area contributed by atoms with E-state index in [2.05, 4.69) is 92.0 Å². The molecule has 8 heteroatoms. The number of aryl methyl sites for hydroxylation is 2. The van der Waals surface area contributed by atoms with Gasteiger partial charge in [0.1, 0.15) is 11.9 Å². The molecule has 3 aromatic rings. The minimum Gasteiger partial charge on any atom is -0.473 e. The third kappa shape index (κ3) is 6.49. The van der Waals surface area contributed by atoms with Crippen molar-refractivity contribution in [3.05, 3.63) is 77.2 Å². The number of ether oxygens (including phenoxy) is 1. The molecule has 38 heavy (non-hydrogen) atoms. The van der Waals surface area contributed by atoms with Crippen LogP contribution in [0.3, 0.4) is 0 Å². The van der Waals surface area contributed by atoms with Crippen LogP contribution in [0, 0.1) is 0 Å². The second-order valence-corrected chi connectivity index (χ2v) is 11.1. The molecule has 0 spiro atoms. The van der Waals surface area contributed by atoms with Crippen molar-refractivity contribution in [2.45, 2.75) is 64.2 Å². The summed E-state index contributed by atoms with van der Waals surface area (Å²) < 4.78 is 9.14. The molecule has 2 aliphatic heterocycles. The first kappa shape index (κ1) is 27.5. The molecule has 1 fully saturated rings. The van der Waals surface area contributed by atoms with Crippen molar-refractivity contribution < 1.29 is 24.5 Å². The quantitative estimate of drug-likeness (QED) is 0.481. The van der Waals surface area contributed by atoms with Gasteiger partial charge in [0.05, 0.1) is 11.8 Å². The number of imidazole rings is 1. The molecular weight excluding hydrogens is 482 g/mol. The molecule has 5 rings (SSSR count). The van der Waals surface area contributed by atoms with E-state index in [-0.39, 0.29) is 17.6 Å². The highest BCUT2D eigenvalue weighted by atomic mass is 16.5. The molecule has 0 bridgehead atoms. The van der Waals surface area contributed by atoms with Gasteiger partial charge in [-0.1, -0.05) is 69.3 Å². The van der Waals surface area contributed by atoms with Crippen molar-refractivity contribution in [1.82, 2.24) is 14.5 Å². The minimum absolute atomic E-state index is 0.107. The average Bonchev–Trinajstić information content (AvgIpc) is 3.25. The van der Waals surface area contributed by atoms with Gasteiger partial charge in [0, 0.05) is 31.4 Å². The van der Waals surface area contributed by atoms with Crippen LogP contribution in [-0.4, -0.2) is 62.8 Å². The number of piperidine rings is 1. The van der Waals surface area contributed by atoms with Crippen LogP contribution in [0.25, 0.3) is 11.3 Å². The lowest BCUT2D eigenvalue weighted by Crippen LogP contribution is -2.35. The number of rotatable bonds is 3. The van der Waals surface area contributed by atoms with Crippen LogP contribution in [0.2, 0.25) is 0 Å². The Bertz CT molecular complexity index is 1260. The summed E-state index contributed by atoms with van der Waals surface area (Å²) in [6, 6.07) is 17.7. The van der Waals surface area contributed by atoms with Crippen LogP contribution in [0.15, 0.2) is 54.7 Å². The molecule has 0 saturated carbocycles. The van der Waals surface area contributed by atoms with Gasteiger partial charge in [-0.05, 0) is 48.4 Å². The highest BCUT2D eigenvalue weighted by Gasteiger charge is 2.30. The Morgan fingerprint density at radius 2 is 1.58 bits per heavy atom. The Kier molecular flexibility index (Phi) is 8.33. The maximum absolute atomic E-state index is 9.10. The van der Waals surface area contributed by atoms with Crippen molar-refractivity contribution in [3.63, 3.8) is 0 Å². The number of hydrogen-bond acceptors (Lipinski definition) is 5. The lowest BCUT2D eigenvalue weighted by Gasteiger charge is -2.32. The highest BCUT2D eigenvalue weighted by molar-refractivity contribution is 6.27. The summed E-state index contributed by atoms with van der Waals surface area (Å²) in [5, 5.41) is 14.8. The summed E-state index contributed by atoms with van der Waals surface area (Å²) in [7, 11) is 2.20. The van der Waals surface area contributed by atoms with E-state index in [4.69, 9.17) is 29.5 Å². The van der Waals surface area contributed by atoms with Crippen molar-refractivity contribution in [3.8, 4) is 11.3 Å². The third-order valence-electron chi connectivity index (χ3n) is 7.23. The molecule has 3 heterocycles. The Labute approximate surface area is 223 Å². The summed E-state index contributed by atoms with van der Waals surface area (Å²) in [4.78, 5) is 25.8. The number of carbonyl (C=O) groups is 2. The number of carboxylic acids is 2. The lowest BCUT2D eigenvalue weighted by atomic mass is 9.86. The highest BCUT2D eigenvalue weighted by Crippen LogP contribution is 2.36. The van der Waals surface area contributed by atoms with Crippen LogP contribution < -0.4 is 0 Å². The van der Waals surface area contributed by atoms with E-state index < -0.39 is 11.9 Å². The Hall–Kier alpha value is -3.49. The molecule has 1 saturated heterocycles. The molecule has 0 radical (unpaired) electrons. The largest absolute Gasteiger partial charge is 0.473 e. The van der Waals surface area contributed by atoms with Gasteiger partial charge < -0.3 is 24.4 Å². The SMILES string of the molecule is CN1CCC(OC2c3ccccc3CCn3cc(-c4ccc(C(C)(C)C)cc4)nc32)CC1.O=C(O)C(=O)O. The fourth-order valence-corrected chi connectivity index (χ4v) is 4.94. The van der Waals surface area contributed by atoms with E-state index in [9.17, 15) is 0 Å². The van der Waals surface area contributed by atoms with Crippen molar-refractivity contribution in [1.29, 1.82) is 0 Å². The smallest absolute Gasteiger partial charge is 0.414 e. The molecule has 202 valence electrons. The number of carboxylic acid groups (broad SMARTS) is 2. The molecule has 0 amide bonds. The van der Waals surface area contributed by atoms with Crippen LogP contribution in [-0.2, 0) is 32.7 Å². The first-order valence-electron chi connectivity index (χ1n) is 13.1. The van der Waals surface area contributed by atoms with Crippen molar-refractivity contribution in [2.75, 3.05) is 20.1 Å². The van der Waals surface area contributed by atoms with Gasteiger partial charge in [-0.2, -0.15) is 0 Å². The zero-order chi connectivity index (χ0) is 27.4. The van der Waals surface area contributed by atoms with E-state index in [1.165, 1.54) is 22.3 Å². The molecule has 0 aliphatic carbocycles. The van der Waals surface area contributed by atoms with Gasteiger partial charge in [-0.3, -0.25) is 0 Å². The van der Waals surface area contributed by atoms with E-state index in [0.717, 1.165) is 50.4 Å². The number of aliphatic carboxylic acids is 2. The Morgan fingerprint density at radius 3 is 2.18 bits per heavy atom. The van der Waals surface area contributed by atoms with E-state index in [0.29, 0.717) is 0 Å². The van der Waals surface area contributed by atoms with Crippen LogP contribution >= 0.6 is 0 Å². The van der Waals surface area contributed by atoms with Crippen LogP contribution in [0.5, 0.6) is 0 Å². The first-order valence-corrected chi connectivity index (χ1v) is 13.1. The average molecular weight is 520 g/mol. The monoisotopic (exact) mass is 519 g/mol. The number of hydrogen-bond donors (Lipinski definition) is 2. The zero-order valence-corrected chi connectivity index (χ0v) is 22.6. The predicted octanol–water partition coefficient (Wildman–Crippen LogP) is 4.76. The standard InChI is InChI=1S/C28H35N3O.C2H2O4/c1-28(2,3)22-11-9-21(10-12-22)25-19-31-18-13-20-7-5-6-8-24(20)26(27(31)29-25)32-23-14-16-30(4)17-15-23;3-1(4)2(5)6/h5-12,19,23,26H,13-18H2,1-4H3;(H,3,4)(H,5,6). The third-order valence-corrected chi connectivity index (χ3v) is 7.23. The first-order chi connectivity index (χ1) is 18.0. The van der Waals surface area contributed by atoms with E-state index in [1.807, 2.05) is 0 Å². The maximum atomic E-state index is 9.10. The molecule has 8 nitrogen and oxygen atoms in total. The minimum atomic E-state index is -1.82. The van der Waals surface area contributed by atoms with Crippen molar-refractivity contribution >= 4 is 11.9 Å². The van der Waals surface area contributed by atoms with Gasteiger partial charge in [0.25, 0.3) is 0 Å². The lowest BCUT2D eigenvalue weighted by molar-refractivity contribution is -0.159. The summed E-state index contributed by atoms with van der Waals surface area (Å²) in [6.07, 6.45) is 5.56. The molecule has 1 unspecified atom stereocenters. The Morgan fingerprint density at radius 1 is 0.947 bits per heavy atom.